The zero-order valence-electron chi connectivity index (χ0n) is 9.55. The van der Waals surface area contributed by atoms with E-state index < -0.39 is 11.8 Å². The molecule has 0 spiro atoms. The fourth-order valence-electron chi connectivity index (χ4n) is 1.32. The van der Waals surface area contributed by atoms with Gasteiger partial charge in [-0.15, -0.1) is 0 Å². The van der Waals surface area contributed by atoms with Gasteiger partial charge in [0.05, 0.1) is 26.2 Å². The van der Waals surface area contributed by atoms with Crippen LogP contribution in [-0.4, -0.2) is 16.9 Å². The molecule has 0 amide bonds. The van der Waals surface area contributed by atoms with Crippen LogP contribution >= 0.6 is 34.8 Å². The summed E-state index contributed by atoms with van der Waals surface area (Å²) in [7, 11) is 0. The second kappa shape index (κ2) is 5.74. The minimum Gasteiger partial charge on any atom is -0.478 e. The molecule has 1 N–H and O–H groups in total. The van der Waals surface area contributed by atoms with Gasteiger partial charge in [-0.25, -0.2) is 4.79 Å². The van der Waals surface area contributed by atoms with Gasteiger partial charge in [-0.2, -0.15) is 0 Å². The number of benzene rings is 1. The molecule has 0 bridgehead atoms. The summed E-state index contributed by atoms with van der Waals surface area (Å²) in [6, 6.07) is 1.20. The highest BCUT2D eigenvalue weighted by Gasteiger charge is 2.24. The first-order chi connectivity index (χ1) is 8.31. The van der Waals surface area contributed by atoms with Gasteiger partial charge in [0.1, 0.15) is 0 Å². The maximum atomic E-state index is 12.0. The minimum atomic E-state index is -1.31. The quantitative estimate of drug-likeness (QED) is 0.661. The van der Waals surface area contributed by atoms with Gasteiger partial charge < -0.3 is 5.11 Å². The lowest BCUT2D eigenvalue weighted by Gasteiger charge is -2.10. The normalized spacial score (nSPS) is 11.5. The number of halogens is 3. The molecular formula is C12H9Cl3O3. The average Bonchev–Trinajstić information content (AvgIpc) is 2.26. The van der Waals surface area contributed by atoms with E-state index in [4.69, 9.17) is 39.9 Å². The fraction of sp³-hybridized carbons (Fsp3) is 0.167. The van der Waals surface area contributed by atoms with E-state index in [1.807, 2.05) is 0 Å². The number of ketones is 1. The molecule has 0 aliphatic rings. The summed E-state index contributed by atoms with van der Waals surface area (Å²) in [6.07, 6.45) is 1.59. The van der Waals surface area contributed by atoms with Crippen LogP contribution in [-0.2, 0) is 0 Å². The number of carbonyl (C=O) groups excluding carboxylic acids is 1. The van der Waals surface area contributed by atoms with Crippen LogP contribution in [0.4, 0.5) is 0 Å². The SMILES string of the molecule is CC=C(C)C(=O)c1c(Cl)cc(Cl)c(C(=O)O)c1Cl. The van der Waals surface area contributed by atoms with Crippen molar-refractivity contribution in [3.63, 3.8) is 0 Å². The van der Waals surface area contributed by atoms with Crippen molar-refractivity contribution in [2.45, 2.75) is 13.8 Å². The summed E-state index contributed by atoms with van der Waals surface area (Å²) in [5.41, 5.74) is 0.0446. The van der Waals surface area contributed by atoms with Crippen molar-refractivity contribution in [3.8, 4) is 0 Å². The zero-order chi connectivity index (χ0) is 14.0. The van der Waals surface area contributed by atoms with Gasteiger partial charge in [-0.05, 0) is 25.5 Å². The van der Waals surface area contributed by atoms with Gasteiger partial charge in [0.25, 0.3) is 0 Å². The third-order valence-corrected chi connectivity index (χ3v) is 3.38. The lowest BCUT2D eigenvalue weighted by molar-refractivity contribution is 0.0697. The van der Waals surface area contributed by atoms with Gasteiger partial charge in [0.15, 0.2) is 5.78 Å². The first kappa shape index (κ1) is 15.0. The Hall–Kier alpha value is -1.03. The standard InChI is InChI=1S/C12H9Cl3O3/c1-3-5(2)11(16)8-6(13)4-7(14)9(10(8)15)12(17)18/h3-4H,1-2H3,(H,17,18). The van der Waals surface area contributed by atoms with Crippen molar-refractivity contribution in [3.05, 3.63) is 43.9 Å². The topological polar surface area (TPSA) is 54.4 Å². The van der Waals surface area contributed by atoms with Crippen LogP contribution < -0.4 is 0 Å². The van der Waals surface area contributed by atoms with Crippen LogP contribution in [0.25, 0.3) is 0 Å². The molecule has 0 aliphatic carbocycles. The third kappa shape index (κ3) is 2.69. The van der Waals surface area contributed by atoms with Crippen LogP contribution in [0, 0.1) is 0 Å². The van der Waals surface area contributed by atoms with Crippen molar-refractivity contribution < 1.29 is 14.7 Å². The van der Waals surface area contributed by atoms with E-state index in [0.717, 1.165) is 0 Å². The first-order valence-electron chi connectivity index (χ1n) is 4.89. The average molecular weight is 308 g/mol. The molecule has 0 saturated carbocycles. The highest BCUT2D eigenvalue weighted by Crippen LogP contribution is 2.35. The Kier molecular flexibility index (Phi) is 4.79. The van der Waals surface area contributed by atoms with E-state index in [2.05, 4.69) is 0 Å². The van der Waals surface area contributed by atoms with Crippen LogP contribution in [0.3, 0.4) is 0 Å². The third-order valence-electron chi connectivity index (χ3n) is 2.40. The number of allylic oxidation sites excluding steroid dienone is 2. The largest absolute Gasteiger partial charge is 0.478 e. The molecule has 0 radical (unpaired) electrons. The Morgan fingerprint density at radius 1 is 1.17 bits per heavy atom. The molecule has 3 nitrogen and oxygen atoms in total. The molecule has 0 atom stereocenters. The summed E-state index contributed by atoms with van der Waals surface area (Å²) in [5.74, 6) is -1.74. The summed E-state index contributed by atoms with van der Waals surface area (Å²) in [5, 5.41) is 8.68. The maximum Gasteiger partial charge on any atom is 0.338 e. The molecule has 1 rings (SSSR count). The second-order valence-corrected chi connectivity index (χ2v) is 4.70. The molecule has 0 fully saturated rings. The number of hydrogen-bond donors (Lipinski definition) is 1. The highest BCUT2D eigenvalue weighted by atomic mass is 35.5. The van der Waals surface area contributed by atoms with Crippen LogP contribution in [0.5, 0.6) is 0 Å². The highest BCUT2D eigenvalue weighted by molar-refractivity contribution is 6.45. The van der Waals surface area contributed by atoms with E-state index in [1.165, 1.54) is 6.07 Å². The number of carbonyl (C=O) groups is 2. The zero-order valence-corrected chi connectivity index (χ0v) is 11.8. The Labute approximate surface area is 119 Å². The number of aromatic carboxylic acids is 1. The van der Waals surface area contributed by atoms with Crippen molar-refractivity contribution in [1.82, 2.24) is 0 Å². The van der Waals surface area contributed by atoms with Gasteiger partial charge >= 0.3 is 5.97 Å². The van der Waals surface area contributed by atoms with E-state index in [9.17, 15) is 9.59 Å². The van der Waals surface area contributed by atoms with E-state index in [0.29, 0.717) is 5.57 Å². The molecule has 1 aromatic rings. The maximum absolute atomic E-state index is 12.0. The molecule has 0 unspecified atom stereocenters. The molecule has 0 heterocycles. The molecule has 0 aliphatic heterocycles. The van der Waals surface area contributed by atoms with Crippen molar-refractivity contribution in [2.75, 3.05) is 0 Å². The Balaban J connectivity index is 3.61. The molecule has 96 valence electrons. The minimum absolute atomic E-state index is 0.0289. The Morgan fingerprint density at radius 2 is 1.67 bits per heavy atom. The van der Waals surface area contributed by atoms with E-state index in [1.54, 1.807) is 19.9 Å². The summed E-state index contributed by atoms with van der Waals surface area (Å²) < 4.78 is 0. The predicted molar refractivity (Wildman–Crippen MR) is 72.2 cm³/mol. The van der Waals surface area contributed by atoms with Gasteiger partial charge in [0.2, 0.25) is 0 Å². The molecule has 0 saturated heterocycles. The first-order valence-corrected chi connectivity index (χ1v) is 6.03. The second-order valence-electron chi connectivity index (χ2n) is 3.51. The van der Waals surface area contributed by atoms with Crippen LogP contribution in [0.1, 0.15) is 34.6 Å². The monoisotopic (exact) mass is 306 g/mol. The van der Waals surface area contributed by atoms with Gasteiger partial charge in [0, 0.05) is 0 Å². The molecule has 6 heteroatoms. The molecule has 18 heavy (non-hydrogen) atoms. The van der Waals surface area contributed by atoms with Crippen LogP contribution in [0.2, 0.25) is 15.1 Å². The fourth-order valence-corrected chi connectivity index (χ4v) is 2.42. The number of rotatable bonds is 3. The van der Waals surface area contributed by atoms with Crippen molar-refractivity contribution in [1.29, 1.82) is 0 Å². The lowest BCUT2D eigenvalue weighted by atomic mass is 10.0. The molecule has 1 aromatic carbocycles. The lowest BCUT2D eigenvalue weighted by Crippen LogP contribution is -2.08. The van der Waals surface area contributed by atoms with Gasteiger partial charge in [-0.3, -0.25) is 4.79 Å². The van der Waals surface area contributed by atoms with Crippen molar-refractivity contribution >= 4 is 46.6 Å². The summed E-state index contributed by atoms with van der Waals surface area (Å²) in [6.45, 7) is 3.27. The summed E-state index contributed by atoms with van der Waals surface area (Å²) in [4.78, 5) is 23.1. The summed E-state index contributed by atoms with van der Waals surface area (Å²) >= 11 is 17.6. The van der Waals surface area contributed by atoms with Gasteiger partial charge in [-0.1, -0.05) is 40.9 Å². The Bertz CT molecular complexity index is 562. The van der Waals surface area contributed by atoms with E-state index >= 15 is 0 Å². The molecular weight excluding hydrogens is 298 g/mol. The number of carboxylic acids is 1. The van der Waals surface area contributed by atoms with Crippen LogP contribution in [0.15, 0.2) is 17.7 Å². The smallest absolute Gasteiger partial charge is 0.338 e. The number of hydrogen-bond acceptors (Lipinski definition) is 2. The molecule has 0 aromatic heterocycles. The number of Topliss-reactive ketones (excluding diaryl/α,β-unsaturated/α-hetero) is 1. The van der Waals surface area contributed by atoms with Crippen molar-refractivity contribution in [2.24, 2.45) is 0 Å². The predicted octanol–water partition coefficient (Wildman–Crippen LogP) is 4.49. The van der Waals surface area contributed by atoms with E-state index in [-0.39, 0.29) is 26.2 Å². The Morgan fingerprint density at radius 3 is 2.11 bits per heavy atom. The number of carboxylic acid groups (broad SMARTS) is 1.